The van der Waals surface area contributed by atoms with E-state index in [2.05, 4.69) is 19.2 Å². The first-order valence-electron chi connectivity index (χ1n) is 7.17. The van der Waals surface area contributed by atoms with Crippen LogP contribution in [0.1, 0.15) is 40.2 Å². The minimum Gasteiger partial charge on any atom is -0.489 e. The number of nitrogens with one attached hydrogen (secondary N) is 1. The van der Waals surface area contributed by atoms with Crippen molar-refractivity contribution >= 4 is 23.2 Å². The number of hydrogen-bond donors (Lipinski definition) is 1. The van der Waals surface area contributed by atoms with Gasteiger partial charge in [-0.05, 0) is 32.9 Å². The van der Waals surface area contributed by atoms with Crippen LogP contribution in [-0.4, -0.2) is 24.9 Å². The molecule has 0 saturated carbocycles. The second-order valence-corrected chi connectivity index (χ2v) is 7.06. The predicted molar refractivity (Wildman–Crippen MR) is 89.6 cm³/mol. The van der Waals surface area contributed by atoms with E-state index in [0.29, 0.717) is 41.6 Å². The minimum atomic E-state index is -0.171. The van der Waals surface area contributed by atoms with Gasteiger partial charge in [0, 0.05) is 23.2 Å². The number of hydrogen-bond acceptors (Lipinski definition) is 3. The van der Waals surface area contributed by atoms with Gasteiger partial charge in [0.25, 0.3) is 0 Å². The van der Waals surface area contributed by atoms with E-state index in [1.54, 1.807) is 6.07 Å². The Hall–Kier alpha value is -0.480. The van der Waals surface area contributed by atoms with E-state index in [9.17, 15) is 0 Å². The lowest BCUT2D eigenvalue weighted by Crippen LogP contribution is -2.24. The molecule has 0 bridgehead atoms. The van der Waals surface area contributed by atoms with Crippen LogP contribution in [0.15, 0.2) is 12.1 Å². The highest BCUT2D eigenvalue weighted by Gasteiger charge is 2.13. The number of halogens is 2. The SMILES string of the molecule is CC(C)NCc1cc(Cl)cc(Cl)c1OCCOC(C)(C)C. The lowest BCUT2D eigenvalue weighted by molar-refractivity contribution is -0.0163. The molecule has 0 radical (unpaired) electrons. The van der Waals surface area contributed by atoms with E-state index in [-0.39, 0.29) is 5.60 Å². The summed E-state index contributed by atoms with van der Waals surface area (Å²) in [5.41, 5.74) is 0.784. The van der Waals surface area contributed by atoms with Crippen LogP contribution in [0.3, 0.4) is 0 Å². The zero-order chi connectivity index (χ0) is 16.0. The standard InChI is InChI=1S/C16H25Cl2NO2/c1-11(2)19-10-12-8-13(17)9-14(18)15(12)20-6-7-21-16(3,4)5/h8-9,11,19H,6-7,10H2,1-5H3. The fourth-order valence-electron chi connectivity index (χ4n) is 1.71. The Morgan fingerprint density at radius 3 is 2.38 bits per heavy atom. The molecule has 0 amide bonds. The van der Waals surface area contributed by atoms with Crippen molar-refractivity contribution in [1.29, 1.82) is 0 Å². The molecule has 120 valence electrons. The molecule has 0 atom stereocenters. The third-order valence-corrected chi connectivity index (χ3v) is 3.15. The van der Waals surface area contributed by atoms with Crippen LogP contribution >= 0.6 is 23.2 Å². The normalized spacial score (nSPS) is 12.0. The largest absolute Gasteiger partial charge is 0.489 e. The van der Waals surface area contributed by atoms with Gasteiger partial charge in [-0.3, -0.25) is 0 Å². The topological polar surface area (TPSA) is 30.5 Å². The summed E-state index contributed by atoms with van der Waals surface area (Å²) >= 11 is 12.3. The molecule has 5 heteroatoms. The quantitative estimate of drug-likeness (QED) is 0.734. The molecule has 0 aromatic heterocycles. The molecule has 1 aromatic rings. The Morgan fingerprint density at radius 1 is 1.14 bits per heavy atom. The molecule has 0 saturated heterocycles. The Labute approximate surface area is 137 Å². The first kappa shape index (κ1) is 18.6. The summed E-state index contributed by atoms with van der Waals surface area (Å²) in [7, 11) is 0. The molecule has 1 aromatic carbocycles. The van der Waals surface area contributed by atoms with Gasteiger partial charge in [-0.2, -0.15) is 0 Å². The molecule has 21 heavy (non-hydrogen) atoms. The molecule has 0 spiro atoms. The van der Waals surface area contributed by atoms with Crippen LogP contribution < -0.4 is 10.1 Å². The van der Waals surface area contributed by atoms with Crippen molar-refractivity contribution in [1.82, 2.24) is 5.32 Å². The van der Waals surface area contributed by atoms with Gasteiger partial charge in [0.05, 0.1) is 17.2 Å². The second-order valence-electron chi connectivity index (χ2n) is 6.22. The van der Waals surface area contributed by atoms with Gasteiger partial charge < -0.3 is 14.8 Å². The molecule has 0 heterocycles. The Kier molecular flexibility index (Phi) is 7.28. The fourth-order valence-corrected chi connectivity index (χ4v) is 2.30. The Morgan fingerprint density at radius 2 is 1.81 bits per heavy atom. The van der Waals surface area contributed by atoms with Crippen LogP contribution in [-0.2, 0) is 11.3 Å². The summed E-state index contributed by atoms with van der Waals surface area (Å²) in [5.74, 6) is 0.673. The molecule has 0 aliphatic carbocycles. The minimum absolute atomic E-state index is 0.171. The summed E-state index contributed by atoms with van der Waals surface area (Å²) in [4.78, 5) is 0. The summed E-state index contributed by atoms with van der Waals surface area (Å²) in [6.07, 6.45) is 0. The van der Waals surface area contributed by atoms with E-state index in [1.807, 2.05) is 26.8 Å². The summed E-state index contributed by atoms with van der Waals surface area (Å²) in [6.45, 7) is 11.8. The molecule has 0 aliphatic heterocycles. The molecule has 3 nitrogen and oxygen atoms in total. The van der Waals surface area contributed by atoms with Crippen LogP contribution in [0, 0.1) is 0 Å². The molecule has 1 rings (SSSR count). The third-order valence-electron chi connectivity index (χ3n) is 2.65. The van der Waals surface area contributed by atoms with E-state index in [1.165, 1.54) is 0 Å². The molecule has 0 unspecified atom stereocenters. The first-order chi connectivity index (χ1) is 9.69. The summed E-state index contributed by atoms with van der Waals surface area (Å²) in [5, 5.41) is 4.48. The van der Waals surface area contributed by atoms with Crippen molar-refractivity contribution in [2.75, 3.05) is 13.2 Å². The first-order valence-corrected chi connectivity index (χ1v) is 7.92. The van der Waals surface area contributed by atoms with Gasteiger partial charge >= 0.3 is 0 Å². The van der Waals surface area contributed by atoms with Crippen LogP contribution in [0.2, 0.25) is 10.0 Å². The number of rotatable bonds is 7. The number of benzene rings is 1. The monoisotopic (exact) mass is 333 g/mol. The second kappa shape index (κ2) is 8.23. The van der Waals surface area contributed by atoms with Gasteiger partial charge in [-0.1, -0.05) is 37.0 Å². The zero-order valence-corrected chi connectivity index (χ0v) is 14.9. The van der Waals surface area contributed by atoms with Crippen LogP contribution in [0.5, 0.6) is 5.75 Å². The zero-order valence-electron chi connectivity index (χ0n) is 13.4. The van der Waals surface area contributed by atoms with E-state index in [0.717, 1.165) is 5.56 Å². The van der Waals surface area contributed by atoms with Gasteiger partial charge in [-0.25, -0.2) is 0 Å². The van der Waals surface area contributed by atoms with Gasteiger partial charge in [-0.15, -0.1) is 0 Å². The van der Waals surface area contributed by atoms with Crippen molar-refractivity contribution in [2.24, 2.45) is 0 Å². The third kappa shape index (κ3) is 7.37. The van der Waals surface area contributed by atoms with Crippen molar-refractivity contribution in [3.8, 4) is 5.75 Å². The highest BCUT2D eigenvalue weighted by molar-refractivity contribution is 6.35. The fraction of sp³-hybridized carbons (Fsp3) is 0.625. The molecular formula is C16H25Cl2NO2. The lowest BCUT2D eigenvalue weighted by Gasteiger charge is -2.20. The molecule has 0 aliphatic rings. The van der Waals surface area contributed by atoms with Crippen molar-refractivity contribution in [2.45, 2.75) is 52.8 Å². The van der Waals surface area contributed by atoms with Crippen molar-refractivity contribution in [3.05, 3.63) is 27.7 Å². The highest BCUT2D eigenvalue weighted by atomic mass is 35.5. The maximum Gasteiger partial charge on any atom is 0.142 e. The maximum atomic E-state index is 6.24. The van der Waals surface area contributed by atoms with Crippen molar-refractivity contribution in [3.63, 3.8) is 0 Å². The van der Waals surface area contributed by atoms with E-state index < -0.39 is 0 Å². The molecular weight excluding hydrogens is 309 g/mol. The predicted octanol–water partition coefficient (Wildman–Crippen LogP) is 4.69. The van der Waals surface area contributed by atoms with Crippen LogP contribution in [0.4, 0.5) is 0 Å². The van der Waals surface area contributed by atoms with Crippen molar-refractivity contribution < 1.29 is 9.47 Å². The van der Waals surface area contributed by atoms with Gasteiger partial charge in [0.1, 0.15) is 12.4 Å². The smallest absolute Gasteiger partial charge is 0.142 e. The number of ether oxygens (including phenoxy) is 2. The summed E-state index contributed by atoms with van der Waals surface area (Å²) in [6, 6.07) is 3.95. The Balaban J connectivity index is 2.70. The van der Waals surface area contributed by atoms with E-state index in [4.69, 9.17) is 32.7 Å². The van der Waals surface area contributed by atoms with Crippen LogP contribution in [0.25, 0.3) is 0 Å². The van der Waals surface area contributed by atoms with Gasteiger partial charge in [0.15, 0.2) is 0 Å². The highest BCUT2D eigenvalue weighted by Crippen LogP contribution is 2.32. The molecule has 1 N–H and O–H groups in total. The average molecular weight is 334 g/mol. The van der Waals surface area contributed by atoms with Gasteiger partial charge in [0.2, 0.25) is 0 Å². The Bertz CT molecular complexity index is 456. The lowest BCUT2D eigenvalue weighted by atomic mass is 10.2. The molecule has 0 fully saturated rings. The summed E-state index contributed by atoms with van der Waals surface area (Å²) < 4.78 is 11.4. The average Bonchev–Trinajstić information content (AvgIpc) is 2.32. The van der Waals surface area contributed by atoms with E-state index >= 15 is 0 Å². The maximum absolute atomic E-state index is 6.24.